The molecule has 2 atom stereocenters. The molecule has 3 nitrogen and oxygen atoms in total. The number of rotatable bonds is 6. The van der Waals surface area contributed by atoms with Gasteiger partial charge in [-0.1, -0.05) is 30.3 Å². The molecule has 2 fully saturated rings. The molecule has 0 radical (unpaired) electrons. The van der Waals surface area contributed by atoms with Crippen molar-refractivity contribution in [2.75, 3.05) is 32.8 Å². The first-order valence-corrected chi connectivity index (χ1v) is 7.50. The van der Waals surface area contributed by atoms with Crippen LogP contribution in [0.4, 0.5) is 0 Å². The summed E-state index contributed by atoms with van der Waals surface area (Å²) in [6.07, 6.45) is 2.53. The molecule has 0 amide bonds. The average molecular weight is 260 g/mol. The fourth-order valence-corrected chi connectivity index (χ4v) is 3.35. The van der Waals surface area contributed by atoms with E-state index in [1.165, 1.54) is 38.2 Å². The van der Waals surface area contributed by atoms with E-state index in [2.05, 4.69) is 34.5 Å². The van der Waals surface area contributed by atoms with Crippen molar-refractivity contribution in [2.45, 2.75) is 25.5 Å². The number of ether oxygens (including phenoxy) is 1. The molecule has 0 saturated carbocycles. The summed E-state index contributed by atoms with van der Waals surface area (Å²) in [5.41, 5.74) is 1.27. The van der Waals surface area contributed by atoms with Gasteiger partial charge in [0.15, 0.2) is 0 Å². The lowest BCUT2D eigenvalue weighted by molar-refractivity contribution is 0.107. The zero-order valence-corrected chi connectivity index (χ0v) is 11.6. The van der Waals surface area contributed by atoms with Crippen molar-refractivity contribution < 1.29 is 4.74 Å². The van der Waals surface area contributed by atoms with Crippen molar-refractivity contribution in [3.8, 4) is 0 Å². The second kappa shape index (κ2) is 6.51. The highest BCUT2D eigenvalue weighted by Gasteiger charge is 2.36. The second-order valence-electron chi connectivity index (χ2n) is 5.70. The molecule has 0 aromatic heterocycles. The Morgan fingerprint density at radius 2 is 2.11 bits per heavy atom. The fourth-order valence-electron chi connectivity index (χ4n) is 3.35. The van der Waals surface area contributed by atoms with Crippen LogP contribution in [0.15, 0.2) is 30.3 Å². The summed E-state index contributed by atoms with van der Waals surface area (Å²) in [6, 6.07) is 11.2. The Labute approximate surface area is 115 Å². The molecule has 0 aliphatic carbocycles. The van der Waals surface area contributed by atoms with Crippen LogP contribution >= 0.6 is 0 Å². The van der Waals surface area contributed by atoms with Crippen molar-refractivity contribution in [3.05, 3.63) is 35.9 Å². The minimum Gasteiger partial charge on any atom is -0.377 e. The number of nitrogens with one attached hydrogen (secondary N) is 1. The maximum atomic E-state index is 5.75. The number of benzene rings is 1. The molecular weight excluding hydrogens is 236 g/mol. The summed E-state index contributed by atoms with van der Waals surface area (Å²) in [6.45, 7) is 6.51. The van der Waals surface area contributed by atoms with Crippen LogP contribution < -0.4 is 5.32 Å². The van der Waals surface area contributed by atoms with E-state index >= 15 is 0 Å². The SMILES string of the molecule is c1ccc(COCCCN2CC[C@H]3CNC[C@H]32)cc1. The Hall–Kier alpha value is -0.900. The van der Waals surface area contributed by atoms with Gasteiger partial charge in [-0.25, -0.2) is 0 Å². The van der Waals surface area contributed by atoms with Crippen LogP contribution in [-0.4, -0.2) is 43.7 Å². The summed E-state index contributed by atoms with van der Waals surface area (Å²) in [7, 11) is 0. The van der Waals surface area contributed by atoms with Crippen LogP contribution in [0.1, 0.15) is 18.4 Å². The predicted octanol–water partition coefficient (Wildman–Crippen LogP) is 1.89. The fraction of sp³-hybridized carbons (Fsp3) is 0.625. The Morgan fingerprint density at radius 3 is 3.00 bits per heavy atom. The molecule has 3 rings (SSSR count). The van der Waals surface area contributed by atoms with Gasteiger partial charge in [-0.2, -0.15) is 0 Å². The van der Waals surface area contributed by atoms with E-state index in [0.29, 0.717) is 0 Å². The van der Waals surface area contributed by atoms with Crippen molar-refractivity contribution >= 4 is 0 Å². The van der Waals surface area contributed by atoms with E-state index in [1.807, 2.05) is 6.07 Å². The summed E-state index contributed by atoms with van der Waals surface area (Å²) in [5.74, 6) is 0.908. The van der Waals surface area contributed by atoms with Crippen LogP contribution in [0.25, 0.3) is 0 Å². The molecule has 104 valence electrons. The normalized spacial score (nSPS) is 26.7. The van der Waals surface area contributed by atoms with Crippen molar-refractivity contribution in [1.82, 2.24) is 10.2 Å². The first kappa shape index (κ1) is 13.1. The molecule has 0 spiro atoms. The van der Waals surface area contributed by atoms with Gasteiger partial charge < -0.3 is 10.1 Å². The van der Waals surface area contributed by atoms with Gasteiger partial charge in [0.1, 0.15) is 0 Å². The zero-order chi connectivity index (χ0) is 12.9. The molecule has 2 heterocycles. The van der Waals surface area contributed by atoms with Gasteiger partial charge in [0, 0.05) is 25.7 Å². The monoisotopic (exact) mass is 260 g/mol. The lowest BCUT2D eigenvalue weighted by atomic mass is 10.1. The van der Waals surface area contributed by atoms with Crippen molar-refractivity contribution in [1.29, 1.82) is 0 Å². The summed E-state index contributed by atoms with van der Waals surface area (Å²) in [4.78, 5) is 2.65. The Balaban J connectivity index is 1.31. The molecule has 2 aliphatic rings. The first-order chi connectivity index (χ1) is 9.43. The third-order valence-electron chi connectivity index (χ3n) is 4.41. The highest BCUT2D eigenvalue weighted by atomic mass is 16.5. The molecule has 1 N–H and O–H groups in total. The maximum absolute atomic E-state index is 5.75. The van der Waals surface area contributed by atoms with Gasteiger partial charge in [0.05, 0.1) is 6.61 Å². The molecule has 1 aromatic rings. The topological polar surface area (TPSA) is 24.5 Å². The smallest absolute Gasteiger partial charge is 0.0716 e. The van der Waals surface area contributed by atoms with Crippen LogP contribution in [0.3, 0.4) is 0 Å². The van der Waals surface area contributed by atoms with Crippen LogP contribution in [0.2, 0.25) is 0 Å². The van der Waals surface area contributed by atoms with Crippen molar-refractivity contribution in [2.24, 2.45) is 5.92 Å². The Morgan fingerprint density at radius 1 is 1.21 bits per heavy atom. The highest BCUT2D eigenvalue weighted by molar-refractivity contribution is 5.13. The van der Waals surface area contributed by atoms with Crippen LogP contribution in [0, 0.1) is 5.92 Å². The van der Waals surface area contributed by atoms with Gasteiger partial charge in [-0.3, -0.25) is 4.90 Å². The number of fused-ring (bicyclic) bond motifs is 1. The first-order valence-electron chi connectivity index (χ1n) is 7.50. The minimum absolute atomic E-state index is 0.744. The summed E-state index contributed by atoms with van der Waals surface area (Å²) < 4.78 is 5.75. The van der Waals surface area contributed by atoms with E-state index in [4.69, 9.17) is 4.74 Å². The summed E-state index contributed by atoms with van der Waals surface area (Å²) >= 11 is 0. The molecule has 0 unspecified atom stereocenters. The van der Waals surface area contributed by atoms with Gasteiger partial charge >= 0.3 is 0 Å². The Bertz CT molecular complexity index is 382. The van der Waals surface area contributed by atoms with E-state index in [0.717, 1.165) is 31.6 Å². The minimum atomic E-state index is 0.744. The number of hydrogen-bond donors (Lipinski definition) is 1. The maximum Gasteiger partial charge on any atom is 0.0716 e. The molecule has 3 heteroatoms. The number of likely N-dealkylation sites (tertiary alicyclic amines) is 1. The summed E-state index contributed by atoms with van der Waals surface area (Å²) in [5, 5.41) is 3.50. The van der Waals surface area contributed by atoms with Gasteiger partial charge in [-0.15, -0.1) is 0 Å². The average Bonchev–Trinajstić information content (AvgIpc) is 3.04. The van der Waals surface area contributed by atoms with E-state index in [-0.39, 0.29) is 0 Å². The van der Waals surface area contributed by atoms with Crippen molar-refractivity contribution in [3.63, 3.8) is 0 Å². The number of hydrogen-bond acceptors (Lipinski definition) is 3. The van der Waals surface area contributed by atoms with Crippen LogP contribution in [0.5, 0.6) is 0 Å². The van der Waals surface area contributed by atoms with Gasteiger partial charge in [-0.05, 0) is 37.4 Å². The van der Waals surface area contributed by atoms with E-state index in [1.54, 1.807) is 0 Å². The Kier molecular flexibility index (Phi) is 4.49. The quantitative estimate of drug-likeness (QED) is 0.791. The standard InChI is InChI=1S/C16H24N2O/c1-2-5-14(6-3-1)13-19-10-4-8-18-9-7-15-11-17-12-16(15)18/h1-3,5-6,15-17H,4,7-13H2/t15-,16+/m0/s1. The second-order valence-corrected chi connectivity index (χ2v) is 5.70. The third kappa shape index (κ3) is 3.35. The molecule has 19 heavy (non-hydrogen) atoms. The van der Waals surface area contributed by atoms with E-state index < -0.39 is 0 Å². The molecule has 1 aromatic carbocycles. The molecule has 2 aliphatic heterocycles. The lowest BCUT2D eigenvalue weighted by Crippen LogP contribution is -2.35. The van der Waals surface area contributed by atoms with Crippen LogP contribution in [-0.2, 0) is 11.3 Å². The molecule has 2 saturated heterocycles. The largest absolute Gasteiger partial charge is 0.377 e. The zero-order valence-electron chi connectivity index (χ0n) is 11.6. The number of nitrogens with zero attached hydrogens (tertiary/aromatic N) is 1. The predicted molar refractivity (Wildman–Crippen MR) is 77.1 cm³/mol. The van der Waals surface area contributed by atoms with E-state index in [9.17, 15) is 0 Å². The lowest BCUT2D eigenvalue weighted by Gasteiger charge is -2.22. The van der Waals surface area contributed by atoms with Gasteiger partial charge in [0.25, 0.3) is 0 Å². The highest BCUT2D eigenvalue weighted by Crippen LogP contribution is 2.26. The molecule has 0 bridgehead atoms. The third-order valence-corrected chi connectivity index (χ3v) is 4.41. The van der Waals surface area contributed by atoms with Gasteiger partial charge in [0.2, 0.25) is 0 Å². The molecular formula is C16H24N2O.